The SMILES string of the molecule is Cc1ccc(C)c(C(C)NCCC(C)c2ccccc2)c1. The van der Waals surface area contributed by atoms with E-state index in [0.717, 1.165) is 6.54 Å². The van der Waals surface area contributed by atoms with Crippen molar-refractivity contribution in [3.05, 3.63) is 70.8 Å². The van der Waals surface area contributed by atoms with Crippen molar-refractivity contribution in [2.24, 2.45) is 0 Å². The zero-order valence-electron chi connectivity index (χ0n) is 13.7. The summed E-state index contributed by atoms with van der Waals surface area (Å²) in [5.74, 6) is 0.601. The second-order valence-electron chi connectivity index (χ2n) is 6.14. The summed E-state index contributed by atoms with van der Waals surface area (Å²) in [4.78, 5) is 0. The predicted octanol–water partition coefficient (Wildman–Crippen LogP) is 5.15. The Hall–Kier alpha value is -1.60. The van der Waals surface area contributed by atoms with Gasteiger partial charge in [-0.1, -0.05) is 61.0 Å². The number of hydrogen-bond donors (Lipinski definition) is 1. The number of rotatable bonds is 6. The Morgan fingerprint density at radius 1 is 0.952 bits per heavy atom. The van der Waals surface area contributed by atoms with Crippen molar-refractivity contribution in [3.63, 3.8) is 0 Å². The van der Waals surface area contributed by atoms with E-state index in [1.165, 1.54) is 28.7 Å². The molecule has 2 aromatic carbocycles. The highest BCUT2D eigenvalue weighted by molar-refractivity contribution is 5.32. The summed E-state index contributed by atoms with van der Waals surface area (Å²) in [6, 6.07) is 17.9. The third-order valence-electron chi connectivity index (χ3n) is 4.30. The molecule has 0 bridgehead atoms. The molecule has 2 aromatic rings. The van der Waals surface area contributed by atoms with Gasteiger partial charge in [0.15, 0.2) is 0 Å². The maximum absolute atomic E-state index is 3.67. The van der Waals surface area contributed by atoms with Crippen LogP contribution in [-0.4, -0.2) is 6.54 Å². The highest BCUT2D eigenvalue weighted by Gasteiger charge is 2.09. The summed E-state index contributed by atoms with van der Waals surface area (Å²) in [7, 11) is 0. The summed E-state index contributed by atoms with van der Waals surface area (Å²) in [5.41, 5.74) is 5.56. The normalized spacial score (nSPS) is 13.9. The van der Waals surface area contributed by atoms with E-state index in [1.807, 2.05) is 0 Å². The maximum Gasteiger partial charge on any atom is 0.0294 e. The Bertz CT molecular complexity index is 559. The van der Waals surface area contributed by atoms with E-state index in [1.54, 1.807) is 0 Å². The predicted molar refractivity (Wildman–Crippen MR) is 91.8 cm³/mol. The summed E-state index contributed by atoms with van der Waals surface area (Å²) >= 11 is 0. The molecule has 2 unspecified atom stereocenters. The van der Waals surface area contributed by atoms with Crippen LogP contribution < -0.4 is 5.32 Å². The third-order valence-corrected chi connectivity index (χ3v) is 4.30. The van der Waals surface area contributed by atoms with Crippen molar-refractivity contribution in [3.8, 4) is 0 Å². The van der Waals surface area contributed by atoms with Crippen LogP contribution >= 0.6 is 0 Å². The average molecular weight is 281 g/mol. The fourth-order valence-electron chi connectivity index (χ4n) is 2.80. The molecule has 0 aliphatic heterocycles. The molecule has 0 aliphatic rings. The number of aryl methyl sites for hydroxylation is 2. The largest absolute Gasteiger partial charge is 0.310 e. The lowest BCUT2D eigenvalue weighted by Crippen LogP contribution is -2.21. The van der Waals surface area contributed by atoms with E-state index in [-0.39, 0.29) is 0 Å². The molecule has 2 atom stereocenters. The second kappa shape index (κ2) is 7.42. The van der Waals surface area contributed by atoms with Crippen LogP contribution in [0.25, 0.3) is 0 Å². The van der Waals surface area contributed by atoms with Gasteiger partial charge in [0.2, 0.25) is 0 Å². The molecule has 1 nitrogen and oxygen atoms in total. The molecule has 1 N–H and O–H groups in total. The van der Waals surface area contributed by atoms with Crippen LogP contribution in [0.15, 0.2) is 48.5 Å². The van der Waals surface area contributed by atoms with Crippen molar-refractivity contribution in [1.29, 1.82) is 0 Å². The van der Waals surface area contributed by atoms with E-state index >= 15 is 0 Å². The monoisotopic (exact) mass is 281 g/mol. The van der Waals surface area contributed by atoms with Crippen LogP contribution in [0.4, 0.5) is 0 Å². The maximum atomic E-state index is 3.67. The molecule has 2 rings (SSSR count). The second-order valence-corrected chi connectivity index (χ2v) is 6.14. The molecule has 0 aliphatic carbocycles. The van der Waals surface area contributed by atoms with Crippen LogP contribution in [0, 0.1) is 13.8 Å². The highest BCUT2D eigenvalue weighted by atomic mass is 14.9. The highest BCUT2D eigenvalue weighted by Crippen LogP contribution is 2.21. The molecule has 0 saturated heterocycles. The molecule has 0 spiro atoms. The topological polar surface area (TPSA) is 12.0 Å². The number of hydrogen-bond acceptors (Lipinski definition) is 1. The first-order chi connectivity index (χ1) is 10.1. The van der Waals surface area contributed by atoms with Crippen LogP contribution in [0.2, 0.25) is 0 Å². The number of nitrogens with one attached hydrogen (secondary N) is 1. The van der Waals surface area contributed by atoms with Gasteiger partial charge in [-0.2, -0.15) is 0 Å². The van der Waals surface area contributed by atoms with E-state index in [4.69, 9.17) is 0 Å². The fourth-order valence-corrected chi connectivity index (χ4v) is 2.80. The van der Waals surface area contributed by atoms with Crippen LogP contribution in [-0.2, 0) is 0 Å². The van der Waals surface area contributed by atoms with E-state index in [0.29, 0.717) is 12.0 Å². The standard InChI is InChI=1S/C20H27N/c1-15-10-11-17(3)20(14-15)18(4)21-13-12-16(2)19-8-6-5-7-9-19/h5-11,14,16,18,21H,12-13H2,1-4H3. The lowest BCUT2D eigenvalue weighted by Gasteiger charge is -2.19. The molecule has 0 fully saturated rings. The smallest absolute Gasteiger partial charge is 0.0294 e. The van der Waals surface area contributed by atoms with Gasteiger partial charge in [-0.15, -0.1) is 0 Å². The summed E-state index contributed by atoms with van der Waals surface area (Å²) in [6.45, 7) is 9.96. The summed E-state index contributed by atoms with van der Waals surface area (Å²) in [5, 5.41) is 3.67. The van der Waals surface area contributed by atoms with Gasteiger partial charge in [0, 0.05) is 6.04 Å². The molecule has 0 saturated carbocycles. The Morgan fingerprint density at radius 2 is 1.67 bits per heavy atom. The molecule has 112 valence electrons. The molecule has 0 aromatic heterocycles. The molecule has 0 radical (unpaired) electrons. The van der Waals surface area contributed by atoms with Crippen molar-refractivity contribution in [2.75, 3.05) is 6.54 Å². The Morgan fingerprint density at radius 3 is 2.38 bits per heavy atom. The van der Waals surface area contributed by atoms with Gasteiger partial charge in [-0.25, -0.2) is 0 Å². The van der Waals surface area contributed by atoms with Crippen LogP contribution in [0.1, 0.15) is 54.5 Å². The Labute approximate surface area is 129 Å². The first kappa shape index (κ1) is 15.8. The van der Waals surface area contributed by atoms with Gasteiger partial charge in [-0.3, -0.25) is 0 Å². The molecular weight excluding hydrogens is 254 g/mol. The zero-order chi connectivity index (χ0) is 15.2. The minimum atomic E-state index is 0.410. The van der Waals surface area contributed by atoms with Gasteiger partial charge in [0.05, 0.1) is 0 Å². The lowest BCUT2D eigenvalue weighted by molar-refractivity contribution is 0.529. The van der Waals surface area contributed by atoms with Crippen LogP contribution in [0.3, 0.4) is 0 Å². The van der Waals surface area contributed by atoms with Gasteiger partial charge >= 0.3 is 0 Å². The number of benzene rings is 2. The minimum Gasteiger partial charge on any atom is -0.310 e. The molecule has 1 heteroatoms. The van der Waals surface area contributed by atoms with Crippen molar-refractivity contribution >= 4 is 0 Å². The van der Waals surface area contributed by atoms with Gasteiger partial charge < -0.3 is 5.32 Å². The Balaban J connectivity index is 1.87. The fraction of sp³-hybridized carbons (Fsp3) is 0.400. The van der Waals surface area contributed by atoms with E-state index in [2.05, 4.69) is 81.5 Å². The van der Waals surface area contributed by atoms with Crippen LogP contribution in [0.5, 0.6) is 0 Å². The third kappa shape index (κ3) is 4.44. The summed E-state index contributed by atoms with van der Waals surface area (Å²) in [6.07, 6.45) is 1.17. The zero-order valence-corrected chi connectivity index (χ0v) is 13.7. The van der Waals surface area contributed by atoms with Crippen molar-refractivity contribution < 1.29 is 0 Å². The van der Waals surface area contributed by atoms with Gasteiger partial charge in [0.1, 0.15) is 0 Å². The van der Waals surface area contributed by atoms with E-state index < -0.39 is 0 Å². The van der Waals surface area contributed by atoms with Gasteiger partial charge in [0.25, 0.3) is 0 Å². The van der Waals surface area contributed by atoms with Crippen molar-refractivity contribution in [1.82, 2.24) is 5.32 Å². The molecule has 0 heterocycles. The first-order valence-corrected chi connectivity index (χ1v) is 7.93. The molecule has 0 amide bonds. The average Bonchev–Trinajstić information content (AvgIpc) is 2.50. The summed E-state index contributed by atoms with van der Waals surface area (Å²) < 4.78 is 0. The quantitative estimate of drug-likeness (QED) is 0.772. The Kier molecular flexibility index (Phi) is 5.58. The van der Waals surface area contributed by atoms with Crippen molar-refractivity contribution in [2.45, 2.75) is 46.1 Å². The molecular formula is C20H27N. The lowest BCUT2D eigenvalue weighted by atomic mass is 9.97. The minimum absolute atomic E-state index is 0.410. The first-order valence-electron chi connectivity index (χ1n) is 7.93. The van der Waals surface area contributed by atoms with E-state index in [9.17, 15) is 0 Å². The molecule has 21 heavy (non-hydrogen) atoms. The van der Waals surface area contributed by atoms with Gasteiger partial charge in [-0.05, 0) is 56.3 Å².